The molecule has 0 unspecified atom stereocenters. The molecule has 1 heterocycles. The minimum atomic E-state index is -0.474. The first-order chi connectivity index (χ1) is 8.16. The maximum Gasteiger partial charge on any atom is 0.253 e. The first-order valence-electron chi connectivity index (χ1n) is 4.88. The quantitative estimate of drug-likeness (QED) is 0.880. The molecule has 0 fully saturated rings. The molecule has 0 spiro atoms. The van der Waals surface area contributed by atoms with Crippen LogP contribution >= 0.6 is 11.6 Å². The summed E-state index contributed by atoms with van der Waals surface area (Å²) in [5.74, 6) is -0.208. The van der Waals surface area contributed by atoms with Crippen LogP contribution in [-0.4, -0.2) is 15.9 Å². The smallest absolute Gasteiger partial charge is 0.253 e. The standard InChI is InChI=1S/C11H9ClFN3O/c12-9-5-7(13)1-2-8(9)11(17)16-6-10-14-3-4-15-10/h1-5H,6H2,(H,14,15)(H,16,17). The molecule has 0 aliphatic heterocycles. The van der Waals surface area contributed by atoms with Gasteiger partial charge in [0.25, 0.3) is 5.91 Å². The lowest BCUT2D eigenvalue weighted by Crippen LogP contribution is -2.23. The SMILES string of the molecule is O=C(NCc1ncc[nH]1)c1ccc(F)cc1Cl. The molecule has 1 aromatic carbocycles. The summed E-state index contributed by atoms with van der Waals surface area (Å²) in [6, 6.07) is 3.63. The second-order valence-corrected chi connectivity index (χ2v) is 3.75. The zero-order valence-electron chi connectivity index (χ0n) is 8.71. The summed E-state index contributed by atoms with van der Waals surface area (Å²) >= 11 is 5.76. The summed E-state index contributed by atoms with van der Waals surface area (Å²) in [6.45, 7) is 0.263. The lowest BCUT2D eigenvalue weighted by molar-refractivity contribution is 0.0950. The van der Waals surface area contributed by atoms with E-state index < -0.39 is 5.82 Å². The van der Waals surface area contributed by atoms with Gasteiger partial charge in [-0.1, -0.05) is 11.6 Å². The van der Waals surface area contributed by atoms with E-state index in [0.29, 0.717) is 5.82 Å². The third kappa shape index (κ3) is 2.82. The van der Waals surface area contributed by atoms with Crippen molar-refractivity contribution in [3.8, 4) is 0 Å². The molecule has 2 aromatic rings. The van der Waals surface area contributed by atoms with Crippen LogP contribution in [0.5, 0.6) is 0 Å². The number of hydrogen-bond donors (Lipinski definition) is 2. The van der Waals surface area contributed by atoms with Gasteiger partial charge >= 0.3 is 0 Å². The third-order valence-corrected chi connectivity index (χ3v) is 2.46. The molecule has 0 radical (unpaired) electrons. The van der Waals surface area contributed by atoms with Gasteiger partial charge in [-0.3, -0.25) is 4.79 Å². The van der Waals surface area contributed by atoms with E-state index >= 15 is 0 Å². The number of H-pyrrole nitrogens is 1. The number of benzene rings is 1. The van der Waals surface area contributed by atoms with Crippen LogP contribution in [0.15, 0.2) is 30.6 Å². The third-order valence-electron chi connectivity index (χ3n) is 2.15. The number of aromatic amines is 1. The van der Waals surface area contributed by atoms with E-state index in [1.54, 1.807) is 12.4 Å². The van der Waals surface area contributed by atoms with Gasteiger partial charge < -0.3 is 10.3 Å². The number of hydrogen-bond acceptors (Lipinski definition) is 2. The molecule has 2 N–H and O–H groups in total. The van der Waals surface area contributed by atoms with E-state index in [0.717, 1.165) is 6.07 Å². The van der Waals surface area contributed by atoms with Crippen LogP contribution in [0.4, 0.5) is 4.39 Å². The average molecular weight is 254 g/mol. The molecule has 0 saturated heterocycles. The molecule has 2 rings (SSSR count). The molecule has 17 heavy (non-hydrogen) atoms. The van der Waals surface area contributed by atoms with Crippen molar-refractivity contribution in [2.45, 2.75) is 6.54 Å². The van der Waals surface area contributed by atoms with Crippen LogP contribution < -0.4 is 5.32 Å². The molecular weight excluding hydrogens is 245 g/mol. The Balaban J connectivity index is 2.04. The Morgan fingerprint density at radius 3 is 3.00 bits per heavy atom. The van der Waals surface area contributed by atoms with E-state index in [9.17, 15) is 9.18 Å². The Kier molecular flexibility index (Phi) is 3.39. The van der Waals surface area contributed by atoms with Gasteiger partial charge in [0.2, 0.25) is 0 Å². The number of aromatic nitrogens is 2. The van der Waals surface area contributed by atoms with Gasteiger partial charge in [-0.05, 0) is 18.2 Å². The van der Waals surface area contributed by atoms with E-state index in [4.69, 9.17) is 11.6 Å². The maximum atomic E-state index is 12.8. The highest BCUT2D eigenvalue weighted by Crippen LogP contribution is 2.16. The zero-order chi connectivity index (χ0) is 12.3. The first kappa shape index (κ1) is 11.6. The monoisotopic (exact) mass is 253 g/mol. The Labute approximate surface area is 102 Å². The van der Waals surface area contributed by atoms with Gasteiger partial charge in [0, 0.05) is 12.4 Å². The van der Waals surface area contributed by atoms with Crippen LogP contribution in [0.2, 0.25) is 5.02 Å². The second-order valence-electron chi connectivity index (χ2n) is 3.34. The van der Waals surface area contributed by atoms with Crippen LogP contribution in [0, 0.1) is 5.82 Å². The molecule has 88 valence electrons. The Morgan fingerprint density at radius 1 is 1.53 bits per heavy atom. The summed E-state index contributed by atoms with van der Waals surface area (Å²) in [5, 5.41) is 2.71. The number of nitrogens with one attached hydrogen (secondary N) is 2. The van der Waals surface area contributed by atoms with Gasteiger partial charge in [-0.2, -0.15) is 0 Å². The largest absolute Gasteiger partial charge is 0.347 e. The summed E-state index contributed by atoms with van der Waals surface area (Å²) in [4.78, 5) is 18.5. The van der Waals surface area contributed by atoms with Crippen molar-refractivity contribution in [2.24, 2.45) is 0 Å². The molecule has 0 saturated carbocycles. The maximum absolute atomic E-state index is 12.8. The van der Waals surface area contributed by atoms with E-state index in [1.807, 2.05) is 0 Å². The Hall–Kier alpha value is -1.88. The number of rotatable bonds is 3. The predicted octanol–water partition coefficient (Wildman–Crippen LogP) is 2.13. The normalized spacial score (nSPS) is 10.2. The van der Waals surface area contributed by atoms with E-state index in [1.165, 1.54) is 12.1 Å². The fraction of sp³-hybridized carbons (Fsp3) is 0.0909. The molecule has 0 atom stereocenters. The lowest BCUT2D eigenvalue weighted by Gasteiger charge is -2.05. The first-order valence-corrected chi connectivity index (χ1v) is 5.26. The summed E-state index contributed by atoms with van der Waals surface area (Å²) < 4.78 is 12.8. The lowest BCUT2D eigenvalue weighted by atomic mass is 10.2. The number of nitrogens with zero attached hydrogens (tertiary/aromatic N) is 1. The average Bonchev–Trinajstić information content (AvgIpc) is 2.78. The van der Waals surface area contributed by atoms with Gasteiger partial charge in [-0.25, -0.2) is 9.37 Å². The molecule has 0 aliphatic carbocycles. The fourth-order valence-corrected chi connectivity index (χ4v) is 1.58. The van der Waals surface area contributed by atoms with Crippen LogP contribution in [0.1, 0.15) is 16.2 Å². The molecular formula is C11H9ClFN3O. The molecule has 0 aliphatic rings. The predicted molar refractivity (Wildman–Crippen MR) is 61.2 cm³/mol. The van der Waals surface area contributed by atoms with Crippen molar-refractivity contribution in [2.75, 3.05) is 0 Å². The molecule has 4 nitrogen and oxygen atoms in total. The second kappa shape index (κ2) is 4.97. The summed E-state index contributed by atoms with van der Waals surface area (Å²) in [7, 11) is 0. The number of carbonyl (C=O) groups is 1. The minimum Gasteiger partial charge on any atom is -0.347 e. The van der Waals surface area contributed by atoms with E-state index in [-0.39, 0.29) is 23.0 Å². The van der Waals surface area contributed by atoms with Gasteiger partial charge in [0.15, 0.2) is 0 Å². The van der Waals surface area contributed by atoms with Gasteiger partial charge in [-0.15, -0.1) is 0 Å². The highest BCUT2D eigenvalue weighted by atomic mass is 35.5. The topological polar surface area (TPSA) is 57.8 Å². The molecule has 6 heteroatoms. The van der Waals surface area contributed by atoms with Crippen molar-refractivity contribution < 1.29 is 9.18 Å². The van der Waals surface area contributed by atoms with Crippen LogP contribution in [0.25, 0.3) is 0 Å². The molecule has 1 aromatic heterocycles. The minimum absolute atomic E-state index is 0.0851. The van der Waals surface area contributed by atoms with Crippen molar-refractivity contribution in [3.63, 3.8) is 0 Å². The Bertz CT molecular complexity index is 528. The van der Waals surface area contributed by atoms with Gasteiger partial charge in [0.1, 0.15) is 11.6 Å². The summed E-state index contributed by atoms with van der Waals surface area (Å²) in [6.07, 6.45) is 3.25. The van der Waals surface area contributed by atoms with Crippen molar-refractivity contribution in [3.05, 3.63) is 52.8 Å². The number of halogens is 2. The fourth-order valence-electron chi connectivity index (χ4n) is 1.33. The van der Waals surface area contributed by atoms with Crippen molar-refractivity contribution in [1.29, 1.82) is 0 Å². The summed E-state index contributed by atoms with van der Waals surface area (Å²) in [5.41, 5.74) is 0.236. The van der Waals surface area contributed by atoms with Crippen LogP contribution in [-0.2, 0) is 6.54 Å². The van der Waals surface area contributed by atoms with Crippen LogP contribution in [0.3, 0.4) is 0 Å². The number of carbonyl (C=O) groups excluding carboxylic acids is 1. The zero-order valence-corrected chi connectivity index (χ0v) is 9.46. The molecule has 0 bridgehead atoms. The van der Waals surface area contributed by atoms with Crippen molar-refractivity contribution >= 4 is 17.5 Å². The number of imidazole rings is 1. The number of amides is 1. The van der Waals surface area contributed by atoms with E-state index in [2.05, 4.69) is 15.3 Å². The van der Waals surface area contributed by atoms with Crippen molar-refractivity contribution in [1.82, 2.24) is 15.3 Å². The highest BCUT2D eigenvalue weighted by Gasteiger charge is 2.10. The Morgan fingerprint density at radius 2 is 2.35 bits per heavy atom. The highest BCUT2D eigenvalue weighted by molar-refractivity contribution is 6.33. The molecule has 1 amide bonds. The van der Waals surface area contributed by atoms with Gasteiger partial charge in [0.05, 0.1) is 17.1 Å².